The van der Waals surface area contributed by atoms with E-state index in [-0.39, 0.29) is 11.3 Å². The van der Waals surface area contributed by atoms with E-state index in [1.165, 1.54) is 18.4 Å². The fraction of sp³-hybridized carbons (Fsp3) is 0.583. The minimum Gasteiger partial charge on any atom is -0.338 e. The Bertz CT molecular complexity index is 850. The molecular formula is C24H34N4O. The highest BCUT2D eigenvalue weighted by molar-refractivity contribution is 5.95. The molecule has 5 heteroatoms. The number of aromatic nitrogens is 2. The maximum atomic E-state index is 13.4. The zero-order valence-corrected chi connectivity index (χ0v) is 18.2. The summed E-state index contributed by atoms with van der Waals surface area (Å²) in [7, 11) is 0. The van der Waals surface area contributed by atoms with Crippen LogP contribution in [0.4, 0.5) is 0 Å². The fourth-order valence-corrected chi connectivity index (χ4v) is 4.03. The molecule has 5 nitrogen and oxygen atoms in total. The summed E-state index contributed by atoms with van der Waals surface area (Å²) in [6.45, 7) is 11.2. The van der Waals surface area contributed by atoms with E-state index in [1.807, 2.05) is 15.8 Å². The second-order valence-electron chi connectivity index (χ2n) is 9.84. The Morgan fingerprint density at radius 1 is 1.10 bits per heavy atom. The van der Waals surface area contributed by atoms with Gasteiger partial charge < -0.3 is 10.2 Å². The Morgan fingerprint density at radius 2 is 1.76 bits per heavy atom. The summed E-state index contributed by atoms with van der Waals surface area (Å²) in [5, 5.41) is 8.52. The molecule has 0 atom stereocenters. The molecule has 2 aliphatic rings. The van der Waals surface area contributed by atoms with Gasteiger partial charge in [-0.05, 0) is 57.2 Å². The van der Waals surface area contributed by atoms with Gasteiger partial charge in [0.25, 0.3) is 5.91 Å². The van der Waals surface area contributed by atoms with Gasteiger partial charge in [0.1, 0.15) is 0 Å². The summed E-state index contributed by atoms with van der Waals surface area (Å²) < 4.78 is 1.86. The first kappa shape index (κ1) is 20.1. The molecule has 0 unspecified atom stereocenters. The Morgan fingerprint density at radius 3 is 2.34 bits per heavy atom. The average molecular weight is 395 g/mol. The number of nitrogens with one attached hydrogen (secondary N) is 1. The Labute approximate surface area is 174 Å². The van der Waals surface area contributed by atoms with E-state index in [1.54, 1.807) is 0 Å². The van der Waals surface area contributed by atoms with Gasteiger partial charge in [-0.2, -0.15) is 5.10 Å². The van der Waals surface area contributed by atoms with Gasteiger partial charge in [0.15, 0.2) is 0 Å². The molecule has 1 aliphatic carbocycles. The van der Waals surface area contributed by atoms with Crippen molar-refractivity contribution >= 4 is 5.91 Å². The summed E-state index contributed by atoms with van der Waals surface area (Å²) in [5.41, 5.74) is 3.62. The van der Waals surface area contributed by atoms with Crippen LogP contribution in [0.25, 0.3) is 5.69 Å². The van der Waals surface area contributed by atoms with Crippen molar-refractivity contribution in [3.8, 4) is 5.69 Å². The highest BCUT2D eigenvalue weighted by atomic mass is 16.2. The molecule has 1 aromatic heterocycles. The smallest absolute Gasteiger partial charge is 0.257 e. The van der Waals surface area contributed by atoms with Crippen LogP contribution in [0.5, 0.6) is 0 Å². The standard InChI is InChI=1S/C24H34N4O/c1-17-5-9-20(10-6-17)28-16-21(22(26-28)24(2,3)4)23(29)27-13-11-19(12-14-27)25-15-18-7-8-18/h5-6,9-10,16,18-19,25H,7-8,11-15H2,1-4H3. The number of piperidine rings is 1. The summed E-state index contributed by atoms with van der Waals surface area (Å²) >= 11 is 0. The lowest BCUT2D eigenvalue weighted by Gasteiger charge is -2.33. The molecule has 0 bridgehead atoms. The highest BCUT2D eigenvalue weighted by Gasteiger charge is 2.31. The minimum absolute atomic E-state index is 0.119. The van der Waals surface area contributed by atoms with Gasteiger partial charge >= 0.3 is 0 Å². The minimum atomic E-state index is -0.189. The van der Waals surface area contributed by atoms with Gasteiger partial charge in [0.05, 0.1) is 16.9 Å². The molecule has 1 saturated heterocycles. The summed E-state index contributed by atoms with van der Waals surface area (Å²) in [5.74, 6) is 1.02. The lowest BCUT2D eigenvalue weighted by atomic mass is 9.89. The van der Waals surface area contributed by atoms with E-state index in [4.69, 9.17) is 5.10 Å². The number of carbonyl (C=O) groups is 1. The maximum absolute atomic E-state index is 13.4. The third kappa shape index (κ3) is 4.72. The van der Waals surface area contributed by atoms with Crippen LogP contribution in [-0.4, -0.2) is 46.3 Å². The van der Waals surface area contributed by atoms with Gasteiger partial charge in [-0.1, -0.05) is 38.5 Å². The third-order valence-electron chi connectivity index (χ3n) is 6.13. The Balaban J connectivity index is 1.50. The predicted octanol–water partition coefficient (Wildman–Crippen LogP) is 4.08. The van der Waals surface area contributed by atoms with E-state index >= 15 is 0 Å². The van der Waals surface area contributed by atoms with Crippen molar-refractivity contribution in [3.63, 3.8) is 0 Å². The highest BCUT2D eigenvalue weighted by Crippen LogP contribution is 2.29. The van der Waals surface area contributed by atoms with Crippen LogP contribution in [0.3, 0.4) is 0 Å². The molecule has 2 heterocycles. The van der Waals surface area contributed by atoms with Crippen molar-refractivity contribution < 1.29 is 4.79 Å². The van der Waals surface area contributed by atoms with E-state index in [0.717, 1.165) is 55.3 Å². The van der Waals surface area contributed by atoms with Crippen LogP contribution in [0, 0.1) is 12.8 Å². The molecule has 1 saturated carbocycles. The number of nitrogens with zero attached hydrogens (tertiary/aromatic N) is 3. The van der Waals surface area contributed by atoms with Gasteiger partial charge in [0, 0.05) is 30.7 Å². The molecule has 29 heavy (non-hydrogen) atoms. The molecule has 1 aromatic carbocycles. The predicted molar refractivity (Wildman–Crippen MR) is 117 cm³/mol. The number of aryl methyl sites for hydroxylation is 1. The van der Waals surface area contributed by atoms with E-state index in [9.17, 15) is 4.79 Å². The quantitative estimate of drug-likeness (QED) is 0.831. The van der Waals surface area contributed by atoms with Crippen LogP contribution in [0.15, 0.2) is 30.5 Å². The average Bonchev–Trinajstić information content (AvgIpc) is 3.41. The first-order valence-corrected chi connectivity index (χ1v) is 11.0. The van der Waals surface area contributed by atoms with E-state index in [2.05, 4.69) is 57.3 Å². The monoisotopic (exact) mass is 394 g/mol. The third-order valence-corrected chi connectivity index (χ3v) is 6.13. The molecule has 2 aromatic rings. The number of hydrogen-bond donors (Lipinski definition) is 1. The molecule has 1 aliphatic heterocycles. The van der Waals surface area contributed by atoms with Gasteiger partial charge in [-0.15, -0.1) is 0 Å². The van der Waals surface area contributed by atoms with Crippen LogP contribution in [0.1, 0.15) is 68.1 Å². The maximum Gasteiger partial charge on any atom is 0.257 e. The summed E-state index contributed by atoms with van der Waals surface area (Å²) in [6, 6.07) is 8.82. The molecule has 156 valence electrons. The van der Waals surface area contributed by atoms with Crippen molar-refractivity contribution in [2.24, 2.45) is 5.92 Å². The van der Waals surface area contributed by atoms with E-state index in [0.29, 0.717) is 6.04 Å². The first-order valence-electron chi connectivity index (χ1n) is 11.0. The van der Waals surface area contributed by atoms with Gasteiger partial charge in [-0.3, -0.25) is 4.79 Å². The van der Waals surface area contributed by atoms with Crippen LogP contribution in [0.2, 0.25) is 0 Å². The second-order valence-corrected chi connectivity index (χ2v) is 9.84. The zero-order valence-electron chi connectivity index (χ0n) is 18.2. The van der Waals surface area contributed by atoms with E-state index < -0.39 is 0 Å². The summed E-state index contributed by atoms with van der Waals surface area (Å²) in [6.07, 6.45) is 6.76. The van der Waals surface area contributed by atoms with Crippen molar-refractivity contribution in [3.05, 3.63) is 47.3 Å². The summed E-state index contributed by atoms with van der Waals surface area (Å²) in [4.78, 5) is 15.4. The van der Waals surface area contributed by atoms with Crippen LogP contribution in [-0.2, 0) is 5.41 Å². The number of amides is 1. The largest absolute Gasteiger partial charge is 0.338 e. The molecule has 2 fully saturated rings. The molecule has 4 rings (SSSR count). The van der Waals surface area contributed by atoms with Crippen LogP contribution < -0.4 is 5.32 Å². The number of carbonyl (C=O) groups excluding carboxylic acids is 1. The number of benzene rings is 1. The molecule has 0 spiro atoms. The number of likely N-dealkylation sites (tertiary alicyclic amines) is 1. The molecular weight excluding hydrogens is 360 g/mol. The van der Waals surface area contributed by atoms with Crippen LogP contribution >= 0.6 is 0 Å². The topological polar surface area (TPSA) is 50.2 Å². The lowest BCUT2D eigenvalue weighted by Crippen LogP contribution is -2.45. The Kier molecular flexibility index (Phi) is 5.52. The van der Waals surface area contributed by atoms with Crippen molar-refractivity contribution in [1.29, 1.82) is 0 Å². The second kappa shape index (κ2) is 7.94. The molecule has 1 amide bonds. The zero-order chi connectivity index (χ0) is 20.6. The number of rotatable bonds is 5. The molecule has 1 N–H and O–H groups in total. The van der Waals surface area contributed by atoms with Crippen molar-refractivity contribution in [2.45, 2.75) is 64.8 Å². The van der Waals surface area contributed by atoms with Gasteiger partial charge in [0.2, 0.25) is 0 Å². The number of hydrogen-bond acceptors (Lipinski definition) is 3. The fourth-order valence-electron chi connectivity index (χ4n) is 4.03. The Hall–Kier alpha value is -2.14. The normalized spacial score (nSPS) is 18.3. The molecule has 0 radical (unpaired) electrons. The lowest BCUT2D eigenvalue weighted by molar-refractivity contribution is 0.0702. The van der Waals surface area contributed by atoms with Crippen molar-refractivity contribution in [2.75, 3.05) is 19.6 Å². The van der Waals surface area contributed by atoms with Crippen molar-refractivity contribution in [1.82, 2.24) is 20.0 Å². The van der Waals surface area contributed by atoms with Gasteiger partial charge in [-0.25, -0.2) is 4.68 Å². The SMILES string of the molecule is Cc1ccc(-n2cc(C(=O)N3CCC(NCC4CC4)CC3)c(C(C)(C)C)n2)cc1. The first-order chi connectivity index (χ1) is 13.8.